The van der Waals surface area contributed by atoms with Gasteiger partial charge in [0.1, 0.15) is 5.01 Å². The molecule has 0 bridgehead atoms. The number of rotatable bonds is 4. The summed E-state index contributed by atoms with van der Waals surface area (Å²) in [6, 6.07) is 0. The fraction of sp³-hybridized carbons (Fsp3) is 0.636. The van der Waals surface area contributed by atoms with Crippen molar-refractivity contribution < 1.29 is 9.59 Å². The van der Waals surface area contributed by atoms with Gasteiger partial charge in [0.2, 0.25) is 16.9 Å². The van der Waals surface area contributed by atoms with E-state index < -0.39 is 0 Å². The van der Waals surface area contributed by atoms with Gasteiger partial charge in [0.25, 0.3) is 0 Å². The summed E-state index contributed by atoms with van der Waals surface area (Å²) in [5.74, 6) is -0.240. The molecule has 18 heavy (non-hydrogen) atoms. The minimum atomic E-state index is -0.166. The summed E-state index contributed by atoms with van der Waals surface area (Å²) in [6.45, 7) is 2.48. The Bertz CT molecular complexity index is 436. The first-order chi connectivity index (χ1) is 8.69. The van der Waals surface area contributed by atoms with Gasteiger partial charge >= 0.3 is 0 Å². The van der Waals surface area contributed by atoms with E-state index in [2.05, 4.69) is 27.8 Å². The number of carbonyl (C=O) groups is 2. The van der Waals surface area contributed by atoms with Crippen LogP contribution in [0.1, 0.15) is 31.2 Å². The van der Waals surface area contributed by atoms with Crippen LogP contribution < -0.4 is 10.6 Å². The van der Waals surface area contributed by atoms with Crippen LogP contribution in [0, 0.1) is 5.92 Å². The van der Waals surface area contributed by atoms with Crippen LogP contribution in [0.5, 0.6) is 0 Å². The molecule has 1 aliphatic heterocycles. The van der Waals surface area contributed by atoms with Crippen molar-refractivity contribution in [3.8, 4) is 0 Å². The molecule has 1 aliphatic rings. The summed E-state index contributed by atoms with van der Waals surface area (Å²) in [6.07, 6.45) is 2.90. The zero-order valence-electron chi connectivity index (χ0n) is 10.2. The third-order valence-electron chi connectivity index (χ3n) is 2.80. The highest BCUT2D eigenvalue weighted by Gasteiger charge is 2.25. The first kappa shape index (κ1) is 12.9. The normalized spacial score (nSPS) is 19.4. The lowest BCUT2D eigenvalue weighted by Crippen LogP contribution is -2.40. The molecule has 2 amide bonds. The fourth-order valence-electron chi connectivity index (χ4n) is 1.78. The number of amides is 2. The predicted octanol–water partition coefficient (Wildman–Crippen LogP) is 0.955. The van der Waals surface area contributed by atoms with Gasteiger partial charge in [-0.05, 0) is 12.8 Å². The van der Waals surface area contributed by atoms with E-state index in [0.717, 1.165) is 17.8 Å². The van der Waals surface area contributed by atoms with E-state index in [1.54, 1.807) is 0 Å². The van der Waals surface area contributed by atoms with Crippen LogP contribution >= 0.6 is 11.3 Å². The molecule has 0 aliphatic carbocycles. The number of nitrogens with zero attached hydrogens (tertiary/aromatic N) is 2. The number of carbonyl (C=O) groups excluding carboxylic acids is 2. The van der Waals surface area contributed by atoms with E-state index in [9.17, 15) is 9.59 Å². The minimum absolute atomic E-state index is 0.0141. The number of aromatic nitrogens is 2. The Kier molecular flexibility index (Phi) is 4.24. The van der Waals surface area contributed by atoms with Crippen molar-refractivity contribution in [3.63, 3.8) is 0 Å². The maximum atomic E-state index is 11.9. The molecule has 7 heteroatoms. The standard InChI is InChI=1S/C11H16N4O2S/c1-2-3-9-14-15-11(18-9)13-10(17)7-4-5-8(16)12-6-7/h7H,2-6H2,1H3,(H,12,16)(H,13,15,17)/t7-/m0/s1. The van der Waals surface area contributed by atoms with Gasteiger partial charge in [-0.1, -0.05) is 18.3 Å². The fourth-order valence-corrected chi connectivity index (χ4v) is 2.63. The Labute approximate surface area is 109 Å². The van der Waals surface area contributed by atoms with Crippen LogP contribution in [0.4, 0.5) is 5.13 Å². The number of nitrogens with one attached hydrogen (secondary N) is 2. The molecule has 0 unspecified atom stereocenters. The van der Waals surface area contributed by atoms with Gasteiger partial charge < -0.3 is 10.6 Å². The van der Waals surface area contributed by atoms with Crippen LogP contribution in [0.25, 0.3) is 0 Å². The Balaban J connectivity index is 1.88. The van der Waals surface area contributed by atoms with Crippen molar-refractivity contribution >= 4 is 28.3 Å². The van der Waals surface area contributed by atoms with Crippen LogP contribution in [-0.4, -0.2) is 28.6 Å². The Morgan fingerprint density at radius 3 is 3.06 bits per heavy atom. The SMILES string of the molecule is CCCc1nnc(NC(=O)[C@H]2CCC(=O)NC2)s1. The summed E-state index contributed by atoms with van der Waals surface area (Å²) < 4.78 is 0. The molecule has 0 radical (unpaired) electrons. The van der Waals surface area contributed by atoms with E-state index in [-0.39, 0.29) is 17.7 Å². The van der Waals surface area contributed by atoms with E-state index in [1.807, 2.05) is 0 Å². The molecule has 1 aromatic rings. The third kappa shape index (κ3) is 3.25. The Morgan fingerprint density at radius 2 is 2.39 bits per heavy atom. The quantitative estimate of drug-likeness (QED) is 0.851. The molecule has 2 N–H and O–H groups in total. The number of hydrogen-bond acceptors (Lipinski definition) is 5. The largest absolute Gasteiger partial charge is 0.355 e. The summed E-state index contributed by atoms with van der Waals surface area (Å²) in [7, 11) is 0. The van der Waals surface area contributed by atoms with Crippen molar-refractivity contribution in [1.82, 2.24) is 15.5 Å². The van der Waals surface area contributed by atoms with Crippen molar-refractivity contribution in [2.75, 3.05) is 11.9 Å². The van der Waals surface area contributed by atoms with Gasteiger partial charge in [-0.15, -0.1) is 10.2 Å². The summed E-state index contributed by atoms with van der Waals surface area (Å²) in [4.78, 5) is 22.9. The van der Waals surface area contributed by atoms with E-state index >= 15 is 0 Å². The highest BCUT2D eigenvalue weighted by molar-refractivity contribution is 7.15. The van der Waals surface area contributed by atoms with Gasteiger partial charge in [0.05, 0.1) is 5.92 Å². The molecule has 0 aromatic carbocycles. The summed E-state index contributed by atoms with van der Waals surface area (Å²) in [5, 5.41) is 14.9. The topological polar surface area (TPSA) is 84.0 Å². The second kappa shape index (κ2) is 5.90. The van der Waals surface area contributed by atoms with Crippen LogP contribution in [-0.2, 0) is 16.0 Å². The molecular formula is C11H16N4O2S. The molecule has 98 valence electrons. The number of aryl methyl sites for hydroxylation is 1. The van der Waals surface area contributed by atoms with Gasteiger partial charge in [0, 0.05) is 19.4 Å². The number of anilines is 1. The van der Waals surface area contributed by atoms with Gasteiger partial charge in [-0.2, -0.15) is 0 Å². The zero-order chi connectivity index (χ0) is 13.0. The molecule has 2 heterocycles. The van der Waals surface area contributed by atoms with E-state index in [4.69, 9.17) is 0 Å². The van der Waals surface area contributed by atoms with Crippen molar-refractivity contribution in [2.24, 2.45) is 5.92 Å². The lowest BCUT2D eigenvalue weighted by atomic mass is 9.98. The molecule has 1 aromatic heterocycles. The maximum absolute atomic E-state index is 11.9. The number of piperidine rings is 1. The van der Waals surface area contributed by atoms with Gasteiger partial charge in [0.15, 0.2) is 0 Å². The monoisotopic (exact) mass is 268 g/mol. The van der Waals surface area contributed by atoms with Crippen molar-refractivity contribution in [2.45, 2.75) is 32.6 Å². The Hall–Kier alpha value is -1.50. The third-order valence-corrected chi connectivity index (χ3v) is 3.70. The first-order valence-electron chi connectivity index (χ1n) is 6.09. The van der Waals surface area contributed by atoms with Crippen LogP contribution in [0.15, 0.2) is 0 Å². The molecular weight excluding hydrogens is 252 g/mol. The van der Waals surface area contributed by atoms with Crippen LogP contribution in [0.3, 0.4) is 0 Å². The van der Waals surface area contributed by atoms with E-state index in [0.29, 0.717) is 24.5 Å². The van der Waals surface area contributed by atoms with Crippen LogP contribution in [0.2, 0.25) is 0 Å². The second-order valence-corrected chi connectivity index (χ2v) is 5.34. The average molecular weight is 268 g/mol. The van der Waals surface area contributed by atoms with Crippen molar-refractivity contribution in [3.05, 3.63) is 5.01 Å². The second-order valence-electron chi connectivity index (χ2n) is 4.28. The maximum Gasteiger partial charge on any atom is 0.231 e. The lowest BCUT2D eigenvalue weighted by molar-refractivity contribution is -0.126. The predicted molar refractivity (Wildman–Crippen MR) is 68.3 cm³/mol. The molecule has 1 fully saturated rings. The minimum Gasteiger partial charge on any atom is -0.355 e. The molecule has 6 nitrogen and oxygen atoms in total. The van der Waals surface area contributed by atoms with Gasteiger partial charge in [-0.3, -0.25) is 9.59 Å². The molecule has 0 spiro atoms. The van der Waals surface area contributed by atoms with Crippen molar-refractivity contribution in [1.29, 1.82) is 0 Å². The average Bonchev–Trinajstić information content (AvgIpc) is 2.78. The first-order valence-corrected chi connectivity index (χ1v) is 6.90. The lowest BCUT2D eigenvalue weighted by Gasteiger charge is -2.20. The van der Waals surface area contributed by atoms with E-state index in [1.165, 1.54) is 11.3 Å². The van der Waals surface area contributed by atoms with Gasteiger partial charge in [-0.25, -0.2) is 0 Å². The molecule has 0 saturated carbocycles. The summed E-state index contributed by atoms with van der Waals surface area (Å²) >= 11 is 1.41. The smallest absolute Gasteiger partial charge is 0.231 e. The zero-order valence-corrected chi connectivity index (χ0v) is 11.0. The molecule has 1 saturated heterocycles. The molecule has 1 atom stereocenters. The Morgan fingerprint density at radius 1 is 1.56 bits per heavy atom. The molecule has 2 rings (SSSR count). The summed E-state index contributed by atoms with van der Waals surface area (Å²) in [5.41, 5.74) is 0. The highest BCUT2D eigenvalue weighted by Crippen LogP contribution is 2.19. The number of hydrogen-bond donors (Lipinski definition) is 2. The highest BCUT2D eigenvalue weighted by atomic mass is 32.1.